The van der Waals surface area contributed by atoms with E-state index in [9.17, 15) is 5.11 Å². The smallest absolute Gasteiger partial charge is 0.0595 e. The molecule has 0 amide bonds. The summed E-state index contributed by atoms with van der Waals surface area (Å²) in [5, 5.41) is 11.0. The van der Waals surface area contributed by atoms with Crippen LogP contribution in [0.5, 0.6) is 0 Å². The SMILES string of the molecule is NC[C@@]1(c2ccc(Cl)c(Cl)c2)CCC[C@@H](O)C1. The zero-order valence-electron chi connectivity index (χ0n) is 9.63. The van der Waals surface area contributed by atoms with E-state index in [-0.39, 0.29) is 11.5 Å². The summed E-state index contributed by atoms with van der Waals surface area (Å²) in [7, 11) is 0. The fourth-order valence-corrected chi connectivity index (χ4v) is 3.02. The maximum atomic E-state index is 9.85. The highest BCUT2D eigenvalue weighted by atomic mass is 35.5. The van der Waals surface area contributed by atoms with Gasteiger partial charge in [-0.1, -0.05) is 29.3 Å². The topological polar surface area (TPSA) is 46.2 Å². The molecule has 2 nitrogen and oxygen atoms in total. The van der Waals surface area contributed by atoms with Crippen LogP contribution < -0.4 is 5.73 Å². The predicted molar refractivity (Wildman–Crippen MR) is 71.7 cm³/mol. The third-order valence-corrected chi connectivity index (χ3v) is 4.48. The number of aliphatic hydroxyl groups is 1. The Bertz CT molecular complexity index is 410. The standard InChI is InChI=1S/C13H17Cl2NO/c14-11-4-3-9(6-12(11)15)13(8-16)5-1-2-10(17)7-13/h3-4,6,10,17H,1-2,5,7-8,16H2/t10-,13-/m1/s1. The van der Waals surface area contributed by atoms with Gasteiger partial charge in [-0.05, 0) is 43.4 Å². The minimum absolute atomic E-state index is 0.147. The maximum Gasteiger partial charge on any atom is 0.0595 e. The first kappa shape index (κ1) is 13.2. The molecule has 1 aromatic carbocycles. The summed E-state index contributed by atoms with van der Waals surface area (Å²) in [4.78, 5) is 0. The molecule has 0 spiro atoms. The van der Waals surface area contributed by atoms with Crippen LogP contribution in [0.25, 0.3) is 0 Å². The van der Waals surface area contributed by atoms with Crippen molar-refractivity contribution >= 4 is 23.2 Å². The summed E-state index contributed by atoms with van der Waals surface area (Å²) in [6.07, 6.45) is 3.31. The second-order valence-corrected chi connectivity index (χ2v) is 5.68. The molecule has 0 radical (unpaired) electrons. The molecule has 0 aromatic heterocycles. The molecule has 1 aromatic rings. The molecule has 17 heavy (non-hydrogen) atoms. The molecule has 0 unspecified atom stereocenters. The van der Waals surface area contributed by atoms with Crippen LogP contribution in [0.2, 0.25) is 10.0 Å². The average molecular weight is 274 g/mol. The lowest BCUT2D eigenvalue weighted by molar-refractivity contribution is 0.0871. The van der Waals surface area contributed by atoms with Gasteiger partial charge in [0.05, 0.1) is 16.1 Å². The molecule has 2 rings (SSSR count). The van der Waals surface area contributed by atoms with E-state index in [1.54, 1.807) is 6.07 Å². The van der Waals surface area contributed by atoms with Gasteiger partial charge in [-0.25, -0.2) is 0 Å². The molecule has 3 N–H and O–H groups in total. The normalized spacial score (nSPS) is 29.3. The average Bonchev–Trinajstić information content (AvgIpc) is 2.32. The van der Waals surface area contributed by atoms with Crippen molar-refractivity contribution in [3.05, 3.63) is 33.8 Å². The van der Waals surface area contributed by atoms with Gasteiger partial charge >= 0.3 is 0 Å². The van der Waals surface area contributed by atoms with E-state index >= 15 is 0 Å². The third kappa shape index (κ3) is 2.60. The predicted octanol–water partition coefficient (Wildman–Crippen LogP) is 3.12. The van der Waals surface area contributed by atoms with Crippen LogP contribution in [-0.2, 0) is 5.41 Å². The van der Waals surface area contributed by atoms with Gasteiger partial charge in [-0.15, -0.1) is 0 Å². The van der Waals surface area contributed by atoms with E-state index in [0.29, 0.717) is 23.0 Å². The zero-order valence-corrected chi connectivity index (χ0v) is 11.1. The fourth-order valence-electron chi connectivity index (χ4n) is 2.72. The summed E-state index contributed by atoms with van der Waals surface area (Å²) in [5.41, 5.74) is 6.88. The van der Waals surface area contributed by atoms with Gasteiger partial charge in [0.15, 0.2) is 0 Å². The molecule has 1 aliphatic carbocycles. The lowest BCUT2D eigenvalue weighted by Gasteiger charge is -2.39. The molecular weight excluding hydrogens is 257 g/mol. The summed E-state index contributed by atoms with van der Waals surface area (Å²) in [5.74, 6) is 0. The molecule has 94 valence electrons. The molecule has 0 aliphatic heterocycles. The van der Waals surface area contributed by atoms with Crippen molar-refractivity contribution in [2.24, 2.45) is 5.73 Å². The summed E-state index contributed by atoms with van der Waals surface area (Å²) in [6.45, 7) is 0.530. The number of hydrogen-bond acceptors (Lipinski definition) is 2. The van der Waals surface area contributed by atoms with E-state index < -0.39 is 0 Å². The van der Waals surface area contributed by atoms with Crippen molar-refractivity contribution in [1.29, 1.82) is 0 Å². The third-order valence-electron chi connectivity index (χ3n) is 3.74. The summed E-state index contributed by atoms with van der Waals surface area (Å²) in [6, 6.07) is 5.66. The van der Waals surface area contributed by atoms with Crippen LogP contribution in [0.15, 0.2) is 18.2 Å². The quantitative estimate of drug-likeness (QED) is 0.870. The molecule has 0 bridgehead atoms. The second kappa shape index (κ2) is 5.15. The lowest BCUT2D eigenvalue weighted by Crippen LogP contribution is -2.41. The Morgan fingerprint density at radius 3 is 2.71 bits per heavy atom. The first-order valence-corrected chi connectivity index (χ1v) is 6.67. The Hall–Kier alpha value is -0.280. The molecular formula is C13H17Cl2NO. The Kier molecular flexibility index (Phi) is 3.99. The number of benzene rings is 1. The highest BCUT2D eigenvalue weighted by molar-refractivity contribution is 6.42. The van der Waals surface area contributed by atoms with Gasteiger partial charge < -0.3 is 10.8 Å². The second-order valence-electron chi connectivity index (χ2n) is 4.86. The molecule has 0 saturated heterocycles. The van der Waals surface area contributed by atoms with E-state index in [1.165, 1.54) is 0 Å². The van der Waals surface area contributed by atoms with E-state index in [1.807, 2.05) is 12.1 Å². The minimum Gasteiger partial charge on any atom is -0.393 e. The van der Waals surface area contributed by atoms with Crippen molar-refractivity contribution in [1.82, 2.24) is 0 Å². The largest absolute Gasteiger partial charge is 0.393 e. The Balaban J connectivity index is 2.36. The molecule has 4 heteroatoms. The highest BCUT2D eigenvalue weighted by Crippen LogP contribution is 2.40. The minimum atomic E-state index is -0.262. The van der Waals surface area contributed by atoms with Gasteiger partial charge in [0.2, 0.25) is 0 Å². The van der Waals surface area contributed by atoms with E-state index in [0.717, 1.165) is 24.8 Å². The van der Waals surface area contributed by atoms with Crippen LogP contribution in [0.4, 0.5) is 0 Å². The fraction of sp³-hybridized carbons (Fsp3) is 0.538. The first-order chi connectivity index (χ1) is 8.07. The van der Waals surface area contributed by atoms with Gasteiger partial charge in [0.25, 0.3) is 0 Å². The van der Waals surface area contributed by atoms with Crippen LogP contribution in [0.1, 0.15) is 31.2 Å². The monoisotopic (exact) mass is 273 g/mol. The number of hydrogen-bond donors (Lipinski definition) is 2. The molecule has 0 heterocycles. The van der Waals surface area contributed by atoms with Gasteiger partial charge in [0, 0.05) is 12.0 Å². The van der Waals surface area contributed by atoms with Gasteiger partial charge in [-0.2, -0.15) is 0 Å². The Morgan fingerprint density at radius 1 is 1.35 bits per heavy atom. The molecule has 1 fully saturated rings. The Morgan fingerprint density at radius 2 is 2.12 bits per heavy atom. The summed E-state index contributed by atoms with van der Waals surface area (Å²) < 4.78 is 0. The van der Waals surface area contributed by atoms with Crippen molar-refractivity contribution in [2.45, 2.75) is 37.2 Å². The Labute approximate surface area is 112 Å². The number of rotatable bonds is 2. The number of aliphatic hydroxyl groups excluding tert-OH is 1. The highest BCUT2D eigenvalue weighted by Gasteiger charge is 2.36. The van der Waals surface area contributed by atoms with Crippen molar-refractivity contribution in [3.8, 4) is 0 Å². The van der Waals surface area contributed by atoms with Crippen molar-refractivity contribution < 1.29 is 5.11 Å². The number of halogens is 2. The summed E-state index contributed by atoms with van der Waals surface area (Å²) >= 11 is 12.0. The van der Waals surface area contributed by atoms with Crippen LogP contribution >= 0.6 is 23.2 Å². The van der Waals surface area contributed by atoms with Crippen molar-refractivity contribution in [3.63, 3.8) is 0 Å². The van der Waals surface area contributed by atoms with E-state index in [4.69, 9.17) is 28.9 Å². The lowest BCUT2D eigenvalue weighted by atomic mass is 9.68. The van der Waals surface area contributed by atoms with Gasteiger partial charge in [-0.3, -0.25) is 0 Å². The van der Waals surface area contributed by atoms with Crippen LogP contribution in [-0.4, -0.2) is 17.8 Å². The number of nitrogens with two attached hydrogens (primary N) is 1. The van der Waals surface area contributed by atoms with Gasteiger partial charge in [0.1, 0.15) is 0 Å². The molecule has 1 aliphatic rings. The van der Waals surface area contributed by atoms with Crippen LogP contribution in [0, 0.1) is 0 Å². The van der Waals surface area contributed by atoms with E-state index in [2.05, 4.69) is 0 Å². The molecule has 2 atom stereocenters. The maximum absolute atomic E-state index is 9.85. The van der Waals surface area contributed by atoms with Crippen molar-refractivity contribution in [2.75, 3.05) is 6.54 Å². The molecule has 1 saturated carbocycles. The van der Waals surface area contributed by atoms with Crippen LogP contribution in [0.3, 0.4) is 0 Å². The first-order valence-electron chi connectivity index (χ1n) is 5.91. The zero-order chi connectivity index (χ0) is 12.5.